The predicted octanol–water partition coefficient (Wildman–Crippen LogP) is 16.4. The van der Waals surface area contributed by atoms with E-state index in [1.807, 2.05) is 0 Å². The number of carbonyl (C=O) groups is 3. The molecule has 0 rings (SSSR count). The van der Waals surface area contributed by atoms with Gasteiger partial charge in [-0.3, -0.25) is 23.4 Å². The maximum Gasteiger partial charge on any atom is 0.472 e. The van der Waals surface area contributed by atoms with Gasteiger partial charge in [0, 0.05) is 19.3 Å². The van der Waals surface area contributed by atoms with Crippen molar-refractivity contribution in [1.82, 2.24) is 0 Å². The van der Waals surface area contributed by atoms with Crippen LogP contribution in [0.15, 0.2) is 60.8 Å². The van der Waals surface area contributed by atoms with Crippen molar-refractivity contribution in [3.05, 3.63) is 60.8 Å². The molecule has 0 aliphatic carbocycles. The fourth-order valence-electron chi connectivity index (χ4n) is 7.64. The van der Waals surface area contributed by atoms with Crippen LogP contribution in [0.2, 0.25) is 0 Å². The maximum atomic E-state index is 12.9. The molecule has 0 aliphatic rings. The van der Waals surface area contributed by atoms with Gasteiger partial charge in [-0.15, -0.1) is 0 Å². The van der Waals surface area contributed by atoms with Crippen molar-refractivity contribution < 1.29 is 52.2 Å². The number of aliphatic hydroxyl groups is 1. The standard InChI is InChI=1S/C58H103O11P/c1-4-7-10-13-16-19-22-25-26-27-28-31-34-37-40-43-46-49-58(62)69-55(51-65-56(60)47-44-41-38-35-32-29-23-20-17-14-11-8-5-2)53-67-70(63,64)66-52-54(50-59)68-57(61)48-45-42-39-36-33-30-24-21-18-15-12-9-6-3/h8,11-12,15,17,20-21,24,29,32,54-55,59H,4-7,9-10,13-14,16,18-19,22-23,25-28,30-31,33-53H2,1-3H3,(H,63,64)/b11-8-,15-12-,20-17-,24-21-,32-29-. The lowest BCUT2D eigenvalue weighted by Gasteiger charge is -2.21. The van der Waals surface area contributed by atoms with E-state index in [1.54, 1.807) is 0 Å². The Balaban J connectivity index is 4.74. The molecule has 0 aromatic rings. The first kappa shape index (κ1) is 67.2. The van der Waals surface area contributed by atoms with Crippen molar-refractivity contribution in [2.75, 3.05) is 26.4 Å². The molecule has 2 N–H and O–H groups in total. The molecule has 0 bridgehead atoms. The first-order chi connectivity index (χ1) is 34.2. The summed E-state index contributed by atoms with van der Waals surface area (Å²) in [5.74, 6) is -1.51. The molecule has 70 heavy (non-hydrogen) atoms. The molecule has 0 amide bonds. The van der Waals surface area contributed by atoms with Gasteiger partial charge in [-0.2, -0.15) is 0 Å². The number of ether oxygens (including phenoxy) is 3. The quantitative estimate of drug-likeness (QED) is 0.0197. The maximum absolute atomic E-state index is 12.9. The normalized spacial score (nSPS) is 13.8. The number of aliphatic hydroxyl groups excluding tert-OH is 1. The summed E-state index contributed by atoms with van der Waals surface area (Å²) in [5, 5.41) is 9.79. The zero-order valence-electron chi connectivity index (χ0n) is 44.7. The van der Waals surface area contributed by atoms with Gasteiger partial charge in [0.2, 0.25) is 0 Å². The van der Waals surface area contributed by atoms with Crippen LogP contribution < -0.4 is 0 Å². The fraction of sp³-hybridized carbons (Fsp3) is 0.776. The Morgan fingerprint density at radius 3 is 1.21 bits per heavy atom. The van der Waals surface area contributed by atoms with E-state index in [9.17, 15) is 28.9 Å². The van der Waals surface area contributed by atoms with Crippen LogP contribution in [0, 0.1) is 0 Å². The summed E-state index contributed by atoms with van der Waals surface area (Å²) >= 11 is 0. The van der Waals surface area contributed by atoms with Crippen molar-refractivity contribution in [2.45, 2.75) is 264 Å². The van der Waals surface area contributed by atoms with Crippen LogP contribution >= 0.6 is 7.82 Å². The minimum absolute atomic E-state index is 0.159. The average molecular weight is 1010 g/mol. The molecular weight excluding hydrogens is 904 g/mol. The van der Waals surface area contributed by atoms with Crippen LogP contribution in [-0.4, -0.2) is 66.5 Å². The zero-order valence-corrected chi connectivity index (χ0v) is 45.6. The summed E-state index contributed by atoms with van der Waals surface area (Å²) in [7, 11) is -4.75. The summed E-state index contributed by atoms with van der Waals surface area (Å²) in [6.07, 6.45) is 56.1. The lowest BCUT2D eigenvalue weighted by Crippen LogP contribution is -2.30. The highest BCUT2D eigenvalue weighted by Crippen LogP contribution is 2.43. The number of hydrogen-bond acceptors (Lipinski definition) is 10. The molecule has 12 heteroatoms. The molecule has 0 spiro atoms. The van der Waals surface area contributed by atoms with Gasteiger partial charge in [0.1, 0.15) is 12.7 Å². The van der Waals surface area contributed by atoms with E-state index in [4.69, 9.17) is 23.3 Å². The molecule has 0 saturated carbocycles. The smallest absolute Gasteiger partial charge is 0.462 e. The molecule has 3 atom stereocenters. The van der Waals surface area contributed by atoms with Crippen molar-refractivity contribution in [1.29, 1.82) is 0 Å². The highest BCUT2D eigenvalue weighted by Gasteiger charge is 2.28. The largest absolute Gasteiger partial charge is 0.472 e. The highest BCUT2D eigenvalue weighted by molar-refractivity contribution is 7.47. The second kappa shape index (κ2) is 52.5. The number of hydrogen-bond donors (Lipinski definition) is 2. The highest BCUT2D eigenvalue weighted by atomic mass is 31.2. The molecule has 0 aromatic carbocycles. The molecule has 0 saturated heterocycles. The summed E-state index contributed by atoms with van der Waals surface area (Å²) in [6, 6.07) is 0. The molecule has 0 aliphatic heterocycles. The van der Waals surface area contributed by atoms with Crippen LogP contribution in [0.25, 0.3) is 0 Å². The Kier molecular flexibility index (Phi) is 50.4. The van der Waals surface area contributed by atoms with Crippen LogP contribution in [0.1, 0.15) is 252 Å². The van der Waals surface area contributed by atoms with Crippen molar-refractivity contribution >= 4 is 25.7 Å². The van der Waals surface area contributed by atoms with E-state index in [1.165, 1.54) is 89.9 Å². The van der Waals surface area contributed by atoms with E-state index in [2.05, 4.69) is 81.5 Å². The van der Waals surface area contributed by atoms with Gasteiger partial charge in [0.25, 0.3) is 0 Å². The van der Waals surface area contributed by atoms with Crippen LogP contribution in [0.3, 0.4) is 0 Å². The molecule has 0 heterocycles. The van der Waals surface area contributed by atoms with Crippen molar-refractivity contribution in [3.63, 3.8) is 0 Å². The minimum Gasteiger partial charge on any atom is -0.462 e. The van der Waals surface area contributed by atoms with Gasteiger partial charge in [-0.1, -0.05) is 216 Å². The van der Waals surface area contributed by atoms with Crippen molar-refractivity contribution in [2.24, 2.45) is 0 Å². The number of carbonyl (C=O) groups excluding carboxylic acids is 3. The summed E-state index contributed by atoms with van der Waals surface area (Å²) in [4.78, 5) is 48.4. The van der Waals surface area contributed by atoms with Gasteiger partial charge < -0.3 is 24.2 Å². The SMILES string of the molecule is CC/C=C\C/C=C\C/C=C\CCCCCC(=O)OCC(COP(=O)(O)OCC(CO)OC(=O)CCCCCCC/C=C\C/C=C\CCC)OC(=O)CCCCCCCCCCCCCCCCCCC. The second-order valence-corrected chi connectivity index (χ2v) is 20.2. The Bertz CT molecular complexity index is 1410. The molecule has 11 nitrogen and oxygen atoms in total. The van der Waals surface area contributed by atoms with Gasteiger partial charge in [-0.25, -0.2) is 4.57 Å². The number of rotatable bonds is 52. The third-order valence-corrected chi connectivity index (χ3v) is 12.9. The van der Waals surface area contributed by atoms with Crippen LogP contribution in [0.5, 0.6) is 0 Å². The fourth-order valence-corrected chi connectivity index (χ4v) is 8.43. The monoisotopic (exact) mass is 1010 g/mol. The van der Waals surface area contributed by atoms with Gasteiger partial charge in [-0.05, 0) is 77.0 Å². The number of unbranched alkanes of at least 4 members (excludes halogenated alkanes) is 25. The number of esters is 3. The number of phosphoric ester groups is 1. The van der Waals surface area contributed by atoms with Gasteiger partial charge in [0.05, 0.1) is 19.8 Å². The zero-order chi connectivity index (χ0) is 51.3. The lowest BCUT2D eigenvalue weighted by molar-refractivity contribution is -0.161. The Morgan fingerprint density at radius 1 is 0.414 bits per heavy atom. The van der Waals surface area contributed by atoms with E-state index < -0.39 is 57.8 Å². The molecule has 0 aromatic heterocycles. The predicted molar refractivity (Wildman–Crippen MR) is 288 cm³/mol. The molecule has 3 unspecified atom stereocenters. The topological polar surface area (TPSA) is 155 Å². The van der Waals surface area contributed by atoms with E-state index >= 15 is 0 Å². The second-order valence-electron chi connectivity index (χ2n) is 18.7. The minimum atomic E-state index is -4.75. The van der Waals surface area contributed by atoms with E-state index in [-0.39, 0.29) is 25.9 Å². The molecule has 0 radical (unpaired) electrons. The van der Waals surface area contributed by atoms with E-state index in [0.717, 1.165) is 103 Å². The van der Waals surface area contributed by atoms with Crippen molar-refractivity contribution in [3.8, 4) is 0 Å². The van der Waals surface area contributed by atoms with Crippen LogP contribution in [0.4, 0.5) is 0 Å². The summed E-state index contributed by atoms with van der Waals surface area (Å²) < 4.78 is 39.4. The van der Waals surface area contributed by atoms with Gasteiger partial charge in [0.15, 0.2) is 6.10 Å². The van der Waals surface area contributed by atoms with E-state index in [0.29, 0.717) is 19.3 Å². The molecule has 0 fully saturated rings. The first-order valence-electron chi connectivity index (χ1n) is 28.2. The third kappa shape index (κ3) is 50.1. The van der Waals surface area contributed by atoms with Gasteiger partial charge >= 0.3 is 25.7 Å². The Morgan fingerprint density at radius 2 is 0.771 bits per heavy atom. The van der Waals surface area contributed by atoms with Crippen LogP contribution in [-0.2, 0) is 42.2 Å². The number of allylic oxidation sites excluding steroid dienone is 10. The summed E-state index contributed by atoms with van der Waals surface area (Å²) in [5.41, 5.74) is 0. The Labute approximate surface area is 427 Å². The summed E-state index contributed by atoms with van der Waals surface area (Å²) in [6.45, 7) is 4.43. The number of phosphoric acid groups is 1. The Hall–Kier alpha value is -2.82. The molecular formula is C58H103O11P. The third-order valence-electron chi connectivity index (χ3n) is 11.9. The average Bonchev–Trinajstić information content (AvgIpc) is 3.35. The molecule has 406 valence electrons. The first-order valence-corrected chi connectivity index (χ1v) is 29.7. The lowest BCUT2D eigenvalue weighted by atomic mass is 10.0.